The van der Waals surface area contributed by atoms with Crippen LogP contribution in [-0.2, 0) is 14.3 Å². The van der Waals surface area contributed by atoms with Gasteiger partial charge >= 0.3 is 5.97 Å². The van der Waals surface area contributed by atoms with Crippen molar-refractivity contribution >= 4 is 11.9 Å². The minimum absolute atomic E-state index is 0.295. The van der Waals surface area contributed by atoms with Crippen LogP contribution in [0.1, 0.15) is 11.7 Å². The molecule has 0 unspecified atom stereocenters. The van der Waals surface area contributed by atoms with Crippen molar-refractivity contribution in [3.63, 3.8) is 0 Å². The van der Waals surface area contributed by atoms with Gasteiger partial charge in [0, 0.05) is 19.7 Å². The van der Waals surface area contributed by atoms with Crippen LogP contribution in [0.2, 0.25) is 0 Å². The third-order valence-electron chi connectivity index (χ3n) is 3.43. The first-order valence-corrected chi connectivity index (χ1v) is 7.73. The van der Waals surface area contributed by atoms with Gasteiger partial charge < -0.3 is 19.1 Å². The Labute approximate surface area is 146 Å². The van der Waals surface area contributed by atoms with Crippen LogP contribution in [0.25, 0.3) is 0 Å². The van der Waals surface area contributed by atoms with Crippen LogP contribution in [0.3, 0.4) is 0 Å². The largest absolute Gasteiger partial charge is 0.497 e. The number of ether oxygens (including phenoxy) is 3. The minimum Gasteiger partial charge on any atom is -0.497 e. The van der Waals surface area contributed by atoms with E-state index >= 15 is 0 Å². The minimum atomic E-state index is -0.997. The van der Waals surface area contributed by atoms with E-state index in [1.807, 2.05) is 6.07 Å². The summed E-state index contributed by atoms with van der Waals surface area (Å²) in [6.45, 7) is -0.295. The number of hydrogen-bond donors (Lipinski definition) is 0. The number of methoxy groups -OCH3 is 1. The lowest BCUT2D eigenvalue weighted by molar-refractivity contribution is -0.161. The quantitative estimate of drug-likeness (QED) is 0.723. The van der Waals surface area contributed by atoms with Crippen LogP contribution < -0.4 is 9.47 Å². The Bertz CT molecular complexity index is 698. The van der Waals surface area contributed by atoms with Crippen molar-refractivity contribution < 1.29 is 23.8 Å². The van der Waals surface area contributed by atoms with E-state index in [2.05, 4.69) is 0 Å². The van der Waals surface area contributed by atoms with Crippen LogP contribution in [0.5, 0.6) is 11.5 Å². The van der Waals surface area contributed by atoms with Crippen molar-refractivity contribution in [2.75, 3.05) is 27.8 Å². The Balaban J connectivity index is 2.00. The van der Waals surface area contributed by atoms with Crippen molar-refractivity contribution in [3.8, 4) is 11.5 Å². The molecule has 1 amide bonds. The first-order valence-electron chi connectivity index (χ1n) is 7.73. The summed E-state index contributed by atoms with van der Waals surface area (Å²) in [5.41, 5.74) is 0.610. The molecular formula is C19H21NO5. The predicted octanol–water partition coefficient (Wildman–Crippen LogP) is 2.45. The zero-order valence-corrected chi connectivity index (χ0v) is 14.5. The van der Waals surface area contributed by atoms with Crippen molar-refractivity contribution in [1.29, 1.82) is 0 Å². The van der Waals surface area contributed by atoms with Gasteiger partial charge in [-0.2, -0.15) is 0 Å². The molecule has 6 nitrogen and oxygen atoms in total. The van der Waals surface area contributed by atoms with Crippen LogP contribution in [0, 0.1) is 0 Å². The van der Waals surface area contributed by atoms with E-state index in [1.54, 1.807) is 69.7 Å². The fraction of sp³-hybridized carbons (Fsp3) is 0.263. The number of amides is 1. The normalized spacial score (nSPS) is 11.3. The summed E-state index contributed by atoms with van der Waals surface area (Å²) in [7, 11) is 4.79. The van der Waals surface area contributed by atoms with Crippen LogP contribution in [0.4, 0.5) is 0 Å². The maximum atomic E-state index is 12.3. The monoisotopic (exact) mass is 343 g/mol. The average molecular weight is 343 g/mol. The fourth-order valence-electron chi connectivity index (χ4n) is 2.10. The van der Waals surface area contributed by atoms with Gasteiger partial charge in [-0.25, -0.2) is 4.79 Å². The number of carbonyl (C=O) groups is 2. The van der Waals surface area contributed by atoms with Gasteiger partial charge in [0.1, 0.15) is 11.5 Å². The molecule has 0 fully saturated rings. The van der Waals surface area contributed by atoms with E-state index in [-0.39, 0.29) is 12.5 Å². The smallest absolute Gasteiger partial charge is 0.345 e. The zero-order chi connectivity index (χ0) is 18.2. The second kappa shape index (κ2) is 8.73. The van der Waals surface area contributed by atoms with Crippen molar-refractivity contribution in [2.45, 2.75) is 6.10 Å². The standard InChI is InChI=1S/C19H21NO5/c1-20(2)19(22)18(14-7-5-4-6-8-14)25-17(21)13-24-16-11-9-15(23-3)10-12-16/h4-12,18H,13H2,1-3H3/t18-/m0/s1. The number of esters is 1. The molecule has 0 aliphatic rings. The molecule has 0 saturated carbocycles. The molecule has 25 heavy (non-hydrogen) atoms. The summed E-state index contributed by atoms with van der Waals surface area (Å²) < 4.78 is 15.8. The van der Waals surface area contributed by atoms with Gasteiger partial charge in [-0.15, -0.1) is 0 Å². The number of likely N-dealkylation sites (N-methyl/N-ethyl adjacent to an activating group) is 1. The van der Waals surface area contributed by atoms with Crippen molar-refractivity contribution in [3.05, 3.63) is 60.2 Å². The highest BCUT2D eigenvalue weighted by Crippen LogP contribution is 2.20. The summed E-state index contributed by atoms with van der Waals surface area (Å²) in [5.74, 6) is 0.257. The third-order valence-corrected chi connectivity index (χ3v) is 3.43. The first-order chi connectivity index (χ1) is 12.0. The van der Waals surface area contributed by atoms with Gasteiger partial charge in [0.2, 0.25) is 6.10 Å². The van der Waals surface area contributed by atoms with Gasteiger partial charge in [0.05, 0.1) is 7.11 Å². The second-order valence-corrected chi connectivity index (χ2v) is 5.48. The lowest BCUT2D eigenvalue weighted by Gasteiger charge is -2.21. The number of hydrogen-bond acceptors (Lipinski definition) is 5. The second-order valence-electron chi connectivity index (χ2n) is 5.48. The molecule has 0 saturated heterocycles. The van der Waals surface area contributed by atoms with E-state index in [1.165, 1.54) is 4.90 Å². The molecule has 0 bridgehead atoms. The molecule has 2 aromatic rings. The summed E-state index contributed by atoms with van der Waals surface area (Å²) in [6, 6.07) is 15.7. The molecule has 0 N–H and O–H groups in total. The maximum absolute atomic E-state index is 12.3. The highest BCUT2D eigenvalue weighted by Gasteiger charge is 2.26. The Hall–Kier alpha value is -3.02. The molecule has 0 aliphatic carbocycles. The molecule has 0 aromatic heterocycles. The molecule has 0 aliphatic heterocycles. The Morgan fingerprint density at radius 2 is 1.56 bits per heavy atom. The Morgan fingerprint density at radius 3 is 2.12 bits per heavy atom. The van der Waals surface area contributed by atoms with E-state index in [0.29, 0.717) is 17.1 Å². The molecule has 2 rings (SSSR count). The maximum Gasteiger partial charge on any atom is 0.345 e. The summed E-state index contributed by atoms with van der Waals surface area (Å²) in [4.78, 5) is 25.8. The lowest BCUT2D eigenvalue weighted by atomic mass is 10.1. The topological polar surface area (TPSA) is 65.1 Å². The average Bonchev–Trinajstić information content (AvgIpc) is 2.65. The van der Waals surface area contributed by atoms with E-state index < -0.39 is 12.1 Å². The molecule has 132 valence electrons. The van der Waals surface area contributed by atoms with E-state index in [0.717, 1.165) is 0 Å². The van der Waals surface area contributed by atoms with Gasteiger partial charge in [-0.3, -0.25) is 4.79 Å². The highest BCUT2D eigenvalue weighted by atomic mass is 16.6. The molecule has 6 heteroatoms. The number of rotatable bonds is 7. The van der Waals surface area contributed by atoms with E-state index in [9.17, 15) is 9.59 Å². The molecule has 2 aromatic carbocycles. The van der Waals surface area contributed by atoms with Crippen molar-refractivity contribution in [2.24, 2.45) is 0 Å². The first kappa shape index (κ1) is 18.3. The SMILES string of the molecule is COc1ccc(OCC(=O)O[C@H](C(=O)N(C)C)c2ccccc2)cc1. The van der Waals surface area contributed by atoms with E-state index in [4.69, 9.17) is 14.2 Å². The Kier molecular flexibility index (Phi) is 6.39. The fourth-order valence-corrected chi connectivity index (χ4v) is 2.10. The van der Waals surface area contributed by atoms with Crippen molar-refractivity contribution in [1.82, 2.24) is 4.90 Å². The van der Waals surface area contributed by atoms with Gasteiger partial charge in [0.25, 0.3) is 5.91 Å². The zero-order valence-electron chi connectivity index (χ0n) is 14.5. The van der Waals surface area contributed by atoms with Crippen LogP contribution in [-0.4, -0.2) is 44.6 Å². The molecule has 0 spiro atoms. The molecule has 0 heterocycles. The molecular weight excluding hydrogens is 322 g/mol. The highest BCUT2D eigenvalue weighted by molar-refractivity contribution is 5.85. The number of benzene rings is 2. The summed E-state index contributed by atoms with van der Waals surface area (Å²) >= 11 is 0. The molecule has 0 radical (unpaired) electrons. The number of carbonyl (C=O) groups excluding carboxylic acids is 2. The van der Waals surface area contributed by atoms with Crippen LogP contribution in [0.15, 0.2) is 54.6 Å². The number of nitrogens with zero attached hydrogens (tertiary/aromatic N) is 1. The van der Waals surface area contributed by atoms with Gasteiger partial charge in [-0.05, 0) is 24.3 Å². The summed E-state index contributed by atoms with van der Waals surface area (Å²) in [6.07, 6.45) is -0.997. The molecule has 1 atom stereocenters. The van der Waals surface area contributed by atoms with Gasteiger partial charge in [-0.1, -0.05) is 30.3 Å². The third kappa shape index (κ3) is 5.24. The summed E-state index contributed by atoms with van der Waals surface area (Å²) in [5, 5.41) is 0. The lowest BCUT2D eigenvalue weighted by Crippen LogP contribution is -2.32. The van der Waals surface area contributed by atoms with Gasteiger partial charge in [0.15, 0.2) is 6.61 Å². The predicted molar refractivity (Wildman–Crippen MR) is 92.5 cm³/mol. The van der Waals surface area contributed by atoms with Crippen LogP contribution >= 0.6 is 0 Å². The Morgan fingerprint density at radius 1 is 0.960 bits per heavy atom.